The fourth-order valence-corrected chi connectivity index (χ4v) is 1.40. The molecule has 1 heterocycles. The Kier molecular flexibility index (Phi) is 2.12. The van der Waals surface area contributed by atoms with Crippen molar-refractivity contribution in [3.63, 3.8) is 0 Å². The molecule has 0 bridgehead atoms. The predicted molar refractivity (Wildman–Crippen MR) is 47.5 cm³/mol. The molecule has 2 heteroatoms. The number of allylic oxidation sites excluding steroid dienone is 1. The van der Waals surface area contributed by atoms with Crippen LogP contribution in [0.25, 0.3) is 0 Å². The highest BCUT2D eigenvalue weighted by Crippen LogP contribution is 2.21. The van der Waals surface area contributed by atoms with Crippen molar-refractivity contribution in [2.24, 2.45) is 0 Å². The SMILES string of the molecule is C=C(C)Nc1ccsc1C. The van der Waals surface area contributed by atoms with Gasteiger partial charge in [-0.2, -0.15) is 0 Å². The molecule has 1 nitrogen and oxygen atoms in total. The van der Waals surface area contributed by atoms with Crippen LogP contribution in [-0.2, 0) is 0 Å². The molecule has 1 N–H and O–H groups in total. The van der Waals surface area contributed by atoms with Crippen LogP contribution in [0.3, 0.4) is 0 Å². The van der Waals surface area contributed by atoms with Crippen LogP contribution in [0.15, 0.2) is 23.7 Å². The summed E-state index contributed by atoms with van der Waals surface area (Å²) in [5.41, 5.74) is 2.17. The van der Waals surface area contributed by atoms with Crippen LogP contribution >= 0.6 is 11.3 Å². The van der Waals surface area contributed by atoms with Crippen LogP contribution in [0.2, 0.25) is 0 Å². The Morgan fingerprint density at radius 1 is 1.70 bits per heavy atom. The number of rotatable bonds is 2. The Hall–Kier alpha value is -0.760. The quantitative estimate of drug-likeness (QED) is 0.688. The molecule has 0 unspecified atom stereocenters. The average Bonchev–Trinajstić information content (AvgIpc) is 2.15. The third-order valence-electron chi connectivity index (χ3n) is 1.21. The number of nitrogens with one attached hydrogen (secondary N) is 1. The molecule has 0 amide bonds. The predicted octanol–water partition coefficient (Wildman–Crippen LogP) is 3.00. The number of thiophene rings is 1. The molecule has 0 spiro atoms. The smallest absolute Gasteiger partial charge is 0.0519 e. The van der Waals surface area contributed by atoms with Crippen LogP contribution in [0.5, 0.6) is 0 Å². The van der Waals surface area contributed by atoms with Gasteiger partial charge in [-0.1, -0.05) is 6.58 Å². The molecule has 0 aliphatic rings. The minimum absolute atomic E-state index is 0.988. The third-order valence-corrected chi connectivity index (χ3v) is 2.05. The molecule has 10 heavy (non-hydrogen) atoms. The second-order valence-corrected chi connectivity index (χ2v) is 3.42. The molecule has 0 aliphatic heterocycles. The van der Waals surface area contributed by atoms with Gasteiger partial charge in [0.15, 0.2) is 0 Å². The number of hydrogen-bond acceptors (Lipinski definition) is 2. The molecule has 0 saturated carbocycles. The maximum atomic E-state index is 3.76. The van der Waals surface area contributed by atoms with Gasteiger partial charge in [0.1, 0.15) is 0 Å². The standard InChI is InChI=1S/C8H11NS/c1-6(2)9-8-4-5-10-7(8)3/h4-5,9H,1H2,2-3H3. The van der Waals surface area contributed by atoms with E-state index >= 15 is 0 Å². The van der Waals surface area contributed by atoms with Gasteiger partial charge in [0.2, 0.25) is 0 Å². The summed E-state index contributed by atoms with van der Waals surface area (Å²) in [6, 6.07) is 2.06. The van der Waals surface area contributed by atoms with E-state index in [1.807, 2.05) is 6.92 Å². The Balaban J connectivity index is 2.74. The van der Waals surface area contributed by atoms with Crippen molar-refractivity contribution in [1.82, 2.24) is 0 Å². The molecule has 0 aliphatic carbocycles. The van der Waals surface area contributed by atoms with Crippen LogP contribution in [-0.4, -0.2) is 0 Å². The summed E-state index contributed by atoms with van der Waals surface area (Å²) in [5.74, 6) is 0. The molecule has 54 valence electrons. The van der Waals surface area contributed by atoms with Gasteiger partial charge < -0.3 is 5.32 Å². The van der Waals surface area contributed by atoms with E-state index < -0.39 is 0 Å². The monoisotopic (exact) mass is 153 g/mol. The Morgan fingerprint density at radius 2 is 2.40 bits per heavy atom. The summed E-state index contributed by atoms with van der Waals surface area (Å²) in [5, 5.41) is 5.24. The highest BCUT2D eigenvalue weighted by Gasteiger charge is 1.95. The Labute approximate surface area is 65.4 Å². The first kappa shape index (κ1) is 7.35. The summed E-state index contributed by atoms with van der Waals surface area (Å²) in [6.45, 7) is 7.81. The first-order valence-electron chi connectivity index (χ1n) is 3.17. The van der Waals surface area contributed by atoms with Crippen LogP contribution in [0.1, 0.15) is 11.8 Å². The second-order valence-electron chi connectivity index (χ2n) is 2.30. The van der Waals surface area contributed by atoms with Crippen molar-refractivity contribution in [1.29, 1.82) is 0 Å². The average molecular weight is 153 g/mol. The van der Waals surface area contributed by atoms with Gasteiger partial charge in [-0.25, -0.2) is 0 Å². The molecule has 1 aromatic heterocycles. The highest BCUT2D eigenvalue weighted by atomic mass is 32.1. The van der Waals surface area contributed by atoms with Gasteiger partial charge in [-0.05, 0) is 25.3 Å². The topological polar surface area (TPSA) is 12.0 Å². The molecule has 1 aromatic rings. The fourth-order valence-electron chi connectivity index (χ4n) is 0.745. The molecule has 0 atom stereocenters. The maximum absolute atomic E-state index is 3.76. The van der Waals surface area contributed by atoms with Crippen LogP contribution in [0.4, 0.5) is 5.69 Å². The lowest BCUT2D eigenvalue weighted by atomic mass is 10.4. The van der Waals surface area contributed by atoms with Gasteiger partial charge in [0, 0.05) is 10.6 Å². The van der Waals surface area contributed by atoms with Gasteiger partial charge in [-0.15, -0.1) is 11.3 Å². The van der Waals surface area contributed by atoms with Crippen molar-refractivity contribution in [3.8, 4) is 0 Å². The zero-order chi connectivity index (χ0) is 7.56. The lowest BCUT2D eigenvalue weighted by Gasteiger charge is -2.01. The van der Waals surface area contributed by atoms with Crippen LogP contribution < -0.4 is 5.32 Å². The van der Waals surface area contributed by atoms with Gasteiger partial charge in [0.25, 0.3) is 0 Å². The van der Waals surface area contributed by atoms with E-state index in [4.69, 9.17) is 0 Å². The van der Waals surface area contributed by atoms with E-state index in [1.54, 1.807) is 11.3 Å². The van der Waals surface area contributed by atoms with E-state index in [-0.39, 0.29) is 0 Å². The van der Waals surface area contributed by atoms with Gasteiger partial charge >= 0.3 is 0 Å². The largest absolute Gasteiger partial charge is 0.359 e. The summed E-state index contributed by atoms with van der Waals surface area (Å²) in [7, 11) is 0. The molecule has 0 saturated heterocycles. The van der Waals surface area contributed by atoms with E-state index in [0.717, 1.165) is 5.70 Å². The fraction of sp³-hybridized carbons (Fsp3) is 0.250. The zero-order valence-electron chi connectivity index (χ0n) is 6.27. The lowest BCUT2D eigenvalue weighted by Crippen LogP contribution is -1.92. The summed E-state index contributed by atoms with van der Waals surface area (Å²) in [6.07, 6.45) is 0. The van der Waals surface area contributed by atoms with Crippen molar-refractivity contribution in [2.45, 2.75) is 13.8 Å². The summed E-state index contributed by atoms with van der Waals surface area (Å²) < 4.78 is 0. The first-order valence-corrected chi connectivity index (χ1v) is 4.05. The van der Waals surface area contributed by atoms with Gasteiger partial charge in [0.05, 0.1) is 5.69 Å². The second kappa shape index (κ2) is 2.88. The van der Waals surface area contributed by atoms with E-state index in [9.17, 15) is 0 Å². The molecule has 1 rings (SSSR count). The lowest BCUT2D eigenvalue weighted by molar-refractivity contribution is 1.39. The normalized spacial score (nSPS) is 9.40. The van der Waals surface area contributed by atoms with E-state index in [1.165, 1.54) is 10.6 Å². The minimum atomic E-state index is 0.988. The summed E-state index contributed by atoms with van der Waals surface area (Å²) >= 11 is 1.74. The first-order chi connectivity index (χ1) is 4.70. The van der Waals surface area contributed by atoms with Crippen molar-refractivity contribution < 1.29 is 0 Å². The molecular formula is C8H11NS. The van der Waals surface area contributed by atoms with Crippen molar-refractivity contribution >= 4 is 17.0 Å². The Bertz CT molecular complexity index is 237. The van der Waals surface area contributed by atoms with Crippen LogP contribution in [0, 0.1) is 6.92 Å². The summed E-state index contributed by atoms with van der Waals surface area (Å²) in [4.78, 5) is 1.31. The maximum Gasteiger partial charge on any atom is 0.0519 e. The van der Waals surface area contributed by atoms with Crippen molar-refractivity contribution in [3.05, 3.63) is 28.6 Å². The van der Waals surface area contributed by atoms with E-state index in [2.05, 4.69) is 30.3 Å². The minimum Gasteiger partial charge on any atom is -0.359 e. The Morgan fingerprint density at radius 3 is 2.80 bits per heavy atom. The highest BCUT2D eigenvalue weighted by molar-refractivity contribution is 7.10. The van der Waals surface area contributed by atoms with E-state index in [0.29, 0.717) is 0 Å². The van der Waals surface area contributed by atoms with Crippen molar-refractivity contribution in [2.75, 3.05) is 5.32 Å². The number of anilines is 1. The molecule has 0 radical (unpaired) electrons. The molecule has 0 aromatic carbocycles. The molecular weight excluding hydrogens is 142 g/mol. The number of aryl methyl sites for hydroxylation is 1. The molecule has 0 fully saturated rings. The van der Waals surface area contributed by atoms with Gasteiger partial charge in [-0.3, -0.25) is 0 Å². The number of hydrogen-bond donors (Lipinski definition) is 1. The zero-order valence-corrected chi connectivity index (χ0v) is 7.09. The third kappa shape index (κ3) is 1.61.